The van der Waals surface area contributed by atoms with Crippen molar-refractivity contribution >= 4 is 22.9 Å². The lowest BCUT2D eigenvalue weighted by molar-refractivity contribution is 0.0173. The van der Waals surface area contributed by atoms with Gasteiger partial charge in [0.05, 0.1) is 11.4 Å². The number of benzene rings is 2. The van der Waals surface area contributed by atoms with Crippen LogP contribution in [0.4, 0.5) is 10.6 Å². The van der Waals surface area contributed by atoms with Crippen molar-refractivity contribution < 1.29 is 14.3 Å². The molecule has 9 nitrogen and oxygen atoms in total. The predicted molar refractivity (Wildman–Crippen MR) is 146 cm³/mol. The number of hydrogen-bond acceptors (Lipinski definition) is 7. The van der Waals surface area contributed by atoms with Gasteiger partial charge >= 0.3 is 6.09 Å². The maximum absolute atomic E-state index is 14.0. The Labute approximate surface area is 220 Å². The molecule has 38 heavy (non-hydrogen) atoms. The summed E-state index contributed by atoms with van der Waals surface area (Å²) < 4.78 is 13.2. The van der Waals surface area contributed by atoms with Crippen LogP contribution in [0.1, 0.15) is 39.7 Å². The number of aromatic nitrogens is 3. The molecule has 5 rings (SSSR count). The second kappa shape index (κ2) is 10.2. The van der Waals surface area contributed by atoms with Crippen molar-refractivity contribution in [2.24, 2.45) is 0 Å². The van der Waals surface area contributed by atoms with Crippen LogP contribution in [-0.4, -0.2) is 44.2 Å². The van der Waals surface area contributed by atoms with Crippen LogP contribution in [0.3, 0.4) is 0 Å². The van der Waals surface area contributed by atoms with Crippen LogP contribution >= 0.6 is 0 Å². The first-order valence-corrected chi connectivity index (χ1v) is 12.7. The number of hydrogen-bond donors (Lipinski definition) is 1. The first kappa shape index (κ1) is 25.3. The third-order valence-corrected chi connectivity index (χ3v) is 6.42. The number of nitrogen functional groups attached to an aromatic ring is 1. The number of para-hydroxylation sites is 1. The zero-order valence-electron chi connectivity index (χ0n) is 21.8. The third kappa shape index (κ3) is 5.32. The summed E-state index contributed by atoms with van der Waals surface area (Å²) in [6, 6.07) is 18.3. The molecule has 1 unspecified atom stereocenters. The maximum atomic E-state index is 14.0. The van der Waals surface area contributed by atoms with Crippen molar-refractivity contribution in [1.29, 1.82) is 0 Å². The second-order valence-electron chi connectivity index (χ2n) is 10.4. The van der Waals surface area contributed by atoms with Gasteiger partial charge in [0.1, 0.15) is 34.9 Å². The molecule has 4 aromatic rings. The standard InChI is InChI=1S/C29H31N5O4/c1-29(2,3)38-28(36)33-15-7-8-20(17-33)34-26-24(25(30)31-18-32-26)16-23(27(34)35)19-11-13-22(14-12-19)37-21-9-5-4-6-10-21/h4-6,9-14,16,18,20H,7-8,15,17H2,1-3H3,(H2,30,31,32). The summed E-state index contributed by atoms with van der Waals surface area (Å²) in [4.78, 5) is 37.0. The SMILES string of the molecule is CC(C)(C)OC(=O)N1CCCC(n2c(=O)c(-c3ccc(Oc4ccccc4)cc3)cc3c(N)ncnc32)C1. The Morgan fingerprint density at radius 2 is 1.74 bits per heavy atom. The van der Waals surface area contributed by atoms with Crippen molar-refractivity contribution in [1.82, 2.24) is 19.4 Å². The van der Waals surface area contributed by atoms with Gasteiger partial charge in [-0.05, 0) is 69.5 Å². The lowest BCUT2D eigenvalue weighted by Gasteiger charge is -2.35. The number of carbonyl (C=O) groups is 1. The van der Waals surface area contributed by atoms with Crippen molar-refractivity contribution in [3.63, 3.8) is 0 Å². The number of likely N-dealkylation sites (tertiary alicyclic amines) is 1. The Morgan fingerprint density at radius 3 is 2.45 bits per heavy atom. The largest absolute Gasteiger partial charge is 0.457 e. The van der Waals surface area contributed by atoms with E-state index in [1.54, 1.807) is 15.5 Å². The fourth-order valence-electron chi connectivity index (χ4n) is 4.69. The van der Waals surface area contributed by atoms with E-state index in [2.05, 4.69) is 9.97 Å². The van der Waals surface area contributed by atoms with Gasteiger partial charge in [0.25, 0.3) is 5.56 Å². The molecule has 1 amide bonds. The smallest absolute Gasteiger partial charge is 0.410 e. The van der Waals surface area contributed by atoms with Crippen molar-refractivity contribution in [3.05, 3.63) is 77.3 Å². The first-order valence-electron chi connectivity index (χ1n) is 12.7. The Balaban J connectivity index is 1.52. The first-order chi connectivity index (χ1) is 18.2. The van der Waals surface area contributed by atoms with Crippen LogP contribution < -0.4 is 16.0 Å². The topological polar surface area (TPSA) is 113 Å². The van der Waals surface area contributed by atoms with Gasteiger partial charge in [-0.15, -0.1) is 0 Å². The van der Waals surface area contributed by atoms with E-state index < -0.39 is 5.60 Å². The average Bonchev–Trinajstić information content (AvgIpc) is 2.89. The number of ether oxygens (including phenoxy) is 2. The predicted octanol–water partition coefficient (Wildman–Crippen LogP) is 5.41. The molecule has 2 N–H and O–H groups in total. The van der Waals surface area contributed by atoms with Crippen LogP contribution in [0.15, 0.2) is 71.8 Å². The van der Waals surface area contributed by atoms with Gasteiger partial charge in [0.2, 0.25) is 0 Å². The Kier molecular flexibility index (Phi) is 6.75. The number of pyridine rings is 1. The molecule has 196 valence electrons. The van der Waals surface area contributed by atoms with E-state index in [0.29, 0.717) is 47.4 Å². The normalized spacial score (nSPS) is 15.9. The molecule has 0 aliphatic carbocycles. The van der Waals surface area contributed by atoms with Crippen molar-refractivity contribution in [2.45, 2.75) is 45.3 Å². The monoisotopic (exact) mass is 513 g/mol. The number of nitrogens with two attached hydrogens (primary N) is 1. The fourth-order valence-corrected chi connectivity index (χ4v) is 4.69. The zero-order valence-corrected chi connectivity index (χ0v) is 21.8. The van der Waals surface area contributed by atoms with E-state index in [1.165, 1.54) is 6.33 Å². The number of piperidine rings is 1. The molecule has 0 radical (unpaired) electrons. The second-order valence-corrected chi connectivity index (χ2v) is 10.4. The van der Waals surface area contributed by atoms with Crippen molar-refractivity contribution in [3.8, 4) is 22.6 Å². The molecule has 1 saturated heterocycles. The van der Waals surface area contributed by atoms with E-state index in [9.17, 15) is 9.59 Å². The zero-order chi connectivity index (χ0) is 26.9. The van der Waals surface area contributed by atoms with E-state index in [4.69, 9.17) is 15.2 Å². The highest BCUT2D eigenvalue weighted by Crippen LogP contribution is 2.30. The molecule has 0 spiro atoms. The van der Waals surface area contributed by atoms with Gasteiger partial charge in [0, 0.05) is 18.7 Å². The summed E-state index contributed by atoms with van der Waals surface area (Å²) in [6.07, 6.45) is 2.41. The highest BCUT2D eigenvalue weighted by Gasteiger charge is 2.30. The Bertz CT molecular complexity index is 1510. The van der Waals surface area contributed by atoms with Gasteiger partial charge in [-0.3, -0.25) is 9.36 Å². The molecule has 1 aliphatic heterocycles. The van der Waals surface area contributed by atoms with Crippen LogP contribution in [0, 0.1) is 0 Å². The molecular weight excluding hydrogens is 482 g/mol. The molecule has 9 heteroatoms. The summed E-state index contributed by atoms with van der Waals surface area (Å²) in [5.41, 5.74) is 7.06. The van der Waals surface area contributed by atoms with Gasteiger partial charge in [0.15, 0.2) is 0 Å². The molecule has 2 aromatic heterocycles. The number of fused-ring (bicyclic) bond motifs is 1. The molecule has 2 aromatic carbocycles. The Hall–Kier alpha value is -4.40. The maximum Gasteiger partial charge on any atom is 0.410 e. The summed E-state index contributed by atoms with van der Waals surface area (Å²) in [5.74, 6) is 1.67. The Morgan fingerprint density at radius 1 is 1.03 bits per heavy atom. The van der Waals surface area contributed by atoms with Crippen molar-refractivity contribution in [2.75, 3.05) is 18.8 Å². The van der Waals surface area contributed by atoms with E-state index in [-0.39, 0.29) is 23.5 Å². The van der Waals surface area contributed by atoms with Gasteiger partial charge in [-0.25, -0.2) is 14.8 Å². The fraction of sp³-hybridized carbons (Fsp3) is 0.310. The number of nitrogens with zero attached hydrogens (tertiary/aromatic N) is 4. The molecule has 3 heterocycles. The minimum atomic E-state index is -0.606. The number of amides is 1. The molecule has 1 fully saturated rings. The van der Waals surface area contributed by atoms with Crippen LogP contribution in [0.25, 0.3) is 22.2 Å². The highest BCUT2D eigenvalue weighted by atomic mass is 16.6. The third-order valence-electron chi connectivity index (χ3n) is 6.42. The van der Waals surface area contributed by atoms with E-state index in [1.807, 2.05) is 75.4 Å². The molecule has 1 aliphatic rings. The lowest BCUT2D eigenvalue weighted by Crippen LogP contribution is -2.45. The quantitative estimate of drug-likeness (QED) is 0.388. The number of anilines is 1. The summed E-state index contributed by atoms with van der Waals surface area (Å²) in [7, 11) is 0. The van der Waals surface area contributed by atoms with E-state index >= 15 is 0 Å². The van der Waals surface area contributed by atoms with Crippen LogP contribution in [-0.2, 0) is 4.74 Å². The number of rotatable bonds is 4. The summed E-state index contributed by atoms with van der Waals surface area (Å²) >= 11 is 0. The minimum absolute atomic E-state index is 0.205. The summed E-state index contributed by atoms with van der Waals surface area (Å²) in [5, 5.41) is 0.584. The highest BCUT2D eigenvalue weighted by molar-refractivity contribution is 5.89. The minimum Gasteiger partial charge on any atom is -0.457 e. The van der Waals surface area contributed by atoms with Gasteiger partial charge in [-0.1, -0.05) is 30.3 Å². The molecular formula is C29H31N5O4. The van der Waals surface area contributed by atoms with Gasteiger partial charge < -0.3 is 20.1 Å². The average molecular weight is 514 g/mol. The van der Waals surface area contributed by atoms with Crippen LogP contribution in [0.2, 0.25) is 0 Å². The van der Waals surface area contributed by atoms with E-state index in [0.717, 1.165) is 12.2 Å². The molecule has 0 bridgehead atoms. The molecule has 0 saturated carbocycles. The van der Waals surface area contributed by atoms with Gasteiger partial charge in [-0.2, -0.15) is 0 Å². The van der Waals surface area contributed by atoms with Crippen LogP contribution in [0.5, 0.6) is 11.5 Å². The number of carbonyl (C=O) groups excluding carboxylic acids is 1. The lowest BCUT2D eigenvalue weighted by atomic mass is 10.0. The molecule has 1 atom stereocenters. The summed E-state index contributed by atoms with van der Waals surface area (Å²) in [6.45, 7) is 6.41.